The Morgan fingerprint density at radius 3 is 2.77 bits per heavy atom. The molecule has 2 atom stereocenters. The Morgan fingerprint density at radius 1 is 1.27 bits per heavy atom. The molecule has 0 fully saturated rings. The largest absolute Gasteiger partial charge is 0.300 e. The minimum atomic E-state index is -0.684. The van der Waals surface area contributed by atoms with Gasteiger partial charge in [-0.3, -0.25) is 9.59 Å². The van der Waals surface area contributed by atoms with E-state index in [-0.39, 0.29) is 11.8 Å². The van der Waals surface area contributed by atoms with Crippen LogP contribution >= 0.6 is 11.3 Å². The number of rotatable bonds is 4. The second-order valence-electron chi connectivity index (χ2n) is 6.71. The molecular weight excluding hydrogens is 346 g/mol. The zero-order chi connectivity index (χ0) is 18.1. The van der Waals surface area contributed by atoms with Crippen LogP contribution in [0.4, 0.5) is 5.13 Å². The highest BCUT2D eigenvalue weighted by Crippen LogP contribution is 2.51. The molecule has 0 saturated heterocycles. The number of anilines is 1. The first kappa shape index (κ1) is 16.6. The summed E-state index contributed by atoms with van der Waals surface area (Å²) in [5.74, 6) is -0.224. The summed E-state index contributed by atoms with van der Waals surface area (Å²) in [6.07, 6.45) is 1.45. The molecule has 1 aromatic heterocycles. The Labute approximate surface area is 155 Å². The van der Waals surface area contributed by atoms with E-state index in [1.165, 1.54) is 11.3 Å². The van der Waals surface area contributed by atoms with Gasteiger partial charge in [0.2, 0.25) is 11.0 Å². The van der Waals surface area contributed by atoms with Crippen molar-refractivity contribution in [1.82, 2.24) is 10.2 Å². The molecule has 2 unspecified atom stereocenters. The molecule has 6 heteroatoms. The van der Waals surface area contributed by atoms with Gasteiger partial charge in [0, 0.05) is 11.5 Å². The Hall–Kier alpha value is -2.86. The van der Waals surface area contributed by atoms with Gasteiger partial charge in [-0.15, -0.1) is 10.2 Å². The number of fused-ring (bicyclic) bond motifs is 1. The fourth-order valence-electron chi connectivity index (χ4n) is 3.83. The summed E-state index contributed by atoms with van der Waals surface area (Å²) in [6, 6.07) is 15.6. The van der Waals surface area contributed by atoms with E-state index in [9.17, 15) is 9.59 Å². The van der Waals surface area contributed by atoms with Crippen molar-refractivity contribution >= 4 is 28.7 Å². The fourth-order valence-corrected chi connectivity index (χ4v) is 4.27. The lowest BCUT2D eigenvalue weighted by molar-refractivity contribution is -0.125. The minimum Gasteiger partial charge on any atom is -0.300 e. The van der Waals surface area contributed by atoms with E-state index in [0.717, 1.165) is 23.0 Å². The Bertz CT molecular complexity index is 956. The number of carbonyl (C=O) groups excluding carboxylic acids is 2. The monoisotopic (exact) mass is 363 g/mol. The highest BCUT2D eigenvalue weighted by atomic mass is 32.1. The smallest absolute Gasteiger partial charge is 0.233 e. The van der Waals surface area contributed by atoms with Gasteiger partial charge in [-0.1, -0.05) is 53.8 Å². The zero-order valence-electron chi connectivity index (χ0n) is 14.2. The summed E-state index contributed by atoms with van der Waals surface area (Å²) in [5, 5.41) is 11.1. The van der Waals surface area contributed by atoms with Gasteiger partial charge in [-0.05, 0) is 36.1 Å². The first-order valence-electron chi connectivity index (χ1n) is 8.32. The van der Waals surface area contributed by atoms with Crippen molar-refractivity contribution in [3.8, 4) is 0 Å². The average Bonchev–Trinajstić information content (AvgIpc) is 3.27. The number of amides is 1. The summed E-state index contributed by atoms with van der Waals surface area (Å²) in [6.45, 7) is 1.97. The summed E-state index contributed by atoms with van der Waals surface area (Å²) >= 11 is 1.30. The predicted molar refractivity (Wildman–Crippen MR) is 100 cm³/mol. The van der Waals surface area contributed by atoms with Crippen LogP contribution in [0, 0.1) is 5.41 Å². The number of aldehydes is 1. The molecule has 130 valence electrons. The topological polar surface area (TPSA) is 72.0 Å². The van der Waals surface area contributed by atoms with Crippen LogP contribution in [0.1, 0.15) is 39.9 Å². The Balaban J connectivity index is 1.80. The first-order valence-corrected chi connectivity index (χ1v) is 9.20. The molecule has 1 amide bonds. The zero-order valence-corrected chi connectivity index (χ0v) is 15.0. The third kappa shape index (κ3) is 2.72. The van der Waals surface area contributed by atoms with E-state index >= 15 is 0 Å². The van der Waals surface area contributed by atoms with Gasteiger partial charge in [-0.2, -0.15) is 0 Å². The van der Waals surface area contributed by atoms with Crippen LogP contribution in [0.5, 0.6) is 0 Å². The quantitative estimate of drug-likeness (QED) is 0.718. The molecular formula is C20H17N3O2S. The maximum atomic E-state index is 13.2. The molecule has 4 rings (SSSR count). The molecule has 2 aromatic carbocycles. The van der Waals surface area contributed by atoms with Crippen molar-refractivity contribution in [2.24, 2.45) is 5.41 Å². The van der Waals surface area contributed by atoms with Crippen LogP contribution in [-0.4, -0.2) is 22.4 Å². The highest BCUT2D eigenvalue weighted by Gasteiger charge is 2.48. The van der Waals surface area contributed by atoms with Crippen LogP contribution in [0.15, 0.2) is 54.0 Å². The number of hydrogen-bond donors (Lipinski definition) is 1. The molecule has 3 aromatic rings. The third-order valence-electron chi connectivity index (χ3n) is 5.04. The fraction of sp³-hybridized carbons (Fsp3) is 0.200. The number of aromatic nitrogens is 2. The molecule has 5 nitrogen and oxygen atoms in total. The van der Waals surface area contributed by atoms with Gasteiger partial charge >= 0.3 is 0 Å². The Kier molecular flexibility index (Phi) is 4.12. The normalized spacial score (nSPS) is 21.2. The number of hydrogen-bond acceptors (Lipinski definition) is 5. The second kappa shape index (κ2) is 6.46. The average molecular weight is 363 g/mol. The molecule has 0 bridgehead atoms. The molecule has 1 aliphatic rings. The summed E-state index contributed by atoms with van der Waals surface area (Å²) < 4.78 is 0. The van der Waals surface area contributed by atoms with Crippen molar-refractivity contribution in [2.75, 3.05) is 5.32 Å². The molecule has 1 N–H and O–H groups in total. The number of benzene rings is 2. The van der Waals surface area contributed by atoms with Crippen molar-refractivity contribution in [3.63, 3.8) is 0 Å². The lowest BCUT2D eigenvalue weighted by Gasteiger charge is -2.30. The summed E-state index contributed by atoms with van der Waals surface area (Å²) in [5.41, 5.74) is 4.72. The van der Waals surface area contributed by atoms with Crippen molar-refractivity contribution < 1.29 is 9.59 Å². The van der Waals surface area contributed by atoms with Crippen molar-refractivity contribution in [1.29, 1.82) is 0 Å². The van der Waals surface area contributed by atoms with Crippen LogP contribution in [0.3, 0.4) is 0 Å². The summed E-state index contributed by atoms with van der Waals surface area (Å²) in [7, 11) is 0. The standard InChI is InChI=1S/C20H17N3O2S/c1-20(18(25)22-19-23-21-12-26-19)10-15-8-7-13(11-24)9-16(15)17(20)14-5-3-2-4-6-14/h2-9,11-12,17H,10H2,1H3,(H,22,23,25). The van der Waals surface area contributed by atoms with Gasteiger partial charge in [-0.25, -0.2) is 0 Å². The molecule has 0 radical (unpaired) electrons. The molecule has 0 saturated carbocycles. The molecule has 26 heavy (non-hydrogen) atoms. The summed E-state index contributed by atoms with van der Waals surface area (Å²) in [4.78, 5) is 24.5. The highest BCUT2D eigenvalue weighted by molar-refractivity contribution is 7.13. The van der Waals surface area contributed by atoms with Crippen LogP contribution in [-0.2, 0) is 11.2 Å². The number of nitrogens with one attached hydrogen (secondary N) is 1. The molecule has 1 heterocycles. The van der Waals surface area contributed by atoms with Crippen molar-refractivity contribution in [2.45, 2.75) is 19.3 Å². The number of carbonyl (C=O) groups is 2. The van der Waals surface area contributed by atoms with E-state index < -0.39 is 5.41 Å². The van der Waals surface area contributed by atoms with E-state index in [4.69, 9.17) is 0 Å². The maximum Gasteiger partial charge on any atom is 0.233 e. The van der Waals surface area contributed by atoms with Crippen LogP contribution in [0.25, 0.3) is 0 Å². The van der Waals surface area contributed by atoms with Gasteiger partial charge in [0.1, 0.15) is 11.8 Å². The van der Waals surface area contributed by atoms with Gasteiger partial charge in [0.05, 0.1) is 5.41 Å². The molecule has 0 aliphatic heterocycles. The lowest BCUT2D eigenvalue weighted by Crippen LogP contribution is -2.37. The third-order valence-corrected chi connectivity index (χ3v) is 5.65. The van der Waals surface area contributed by atoms with Crippen LogP contribution < -0.4 is 5.32 Å². The SMILES string of the molecule is CC1(C(=O)Nc2nncs2)Cc2ccc(C=O)cc2C1c1ccccc1. The van der Waals surface area contributed by atoms with E-state index in [0.29, 0.717) is 17.1 Å². The molecule has 0 spiro atoms. The predicted octanol–water partition coefficient (Wildman–Crippen LogP) is 3.68. The first-order chi connectivity index (χ1) is 12.6. The lowest BCUT2D eigenvalue weighted by atomic mass is 9.73. The number of nitrogens with zero attached hydrogens (tertiary/aromatic N) is 2. The van der Waals surface area contributed by atoms with E-state index in [1.54, 1.807) is 5.51 Å². The van der Waals surface area contributed by atoms with E-state index in [1.807, 2.05) is 55.5 Å². The van der Waals surface area contributed by atoms with Gasteiger partial charge < -0.3 is 5.32 Å². The van der Waals surface area contributed by atoms with E-state index in [2.05, 4.69) is 15.5 Å². The van der Waals surface area contributed by atoms with Gasteiger partial charge in [0.15, 0.2) is 0 Å². The van der Waals surface area contributed by atoms with Gasteiger partial charge in [0.25, 0.3) is 0 Å². The van der Waals surface area contributed by atoms with Crippen molar-refractivity contribution in [3.05, 3.63) is 76.3 Å². The second-order valence-corrected chi connectivity index (χ2v) is 7.55. The molecule has 1 aliphatic carbocycles. The minimum absolute atomic E-state index is 0.0908. The van der Waals surface area contributed by atoms with Crippen LogP contribution in [0.2, 0.25) is 0 Å². The Morgan fingerprint density at radius 2 is 2.08 bits per heavy atom. The maximum absolute atomic E-state index is 13.2.